The van der Waals surface area contributed by atoms with Crippen LogP contribution < -0.4 is 5.63 Å². The van der Waals surface area contributed by atoms with E-state index in [1.807, 2.05) is 18.2 Å². The molecule has 4 aromatic rings. The molecule has 0 spiro atoms. The second-order valence-electron chi connectivity index (χ2n) is 4.36. The van der Waals surface area contributed by atoms with E-state index in [9.17, 15) is 4.79 Å². The zero-order valence-corrected chi connectivity index (χ0v) is 12.6. The molecule has 4 rings (SSSR count). The number of aromatic nitrogens is 1. The van der Waals surface area contributed by atoms with Crippen molar-refractivity contribution in [3.05, 3.63) is 65.1 Å². The van der Waals surface area contributed by atoms with Gasteiger partial charge in [-0.25, -0.2) is 0 Å². The van der Waals surface area contributed by atoms with E-state index in [0.717, 1.165) is 21.7 Å². The predicted molar refractivity (Wildman–Crippen MR) is 74.1 cm³/mol. The Labute approximate surface area is 127 Å². The minimum absolute atomic E-state index is 0. The molecule has 3 nitrogen and oxygen atoms in total. The summed E-state index contributed by atoms with van der Waals surface area (Å²) in [5.74, 6) is 0. The number of benzene rings is 2. The van der Waals surface area contributed by atoms with Gasteiger partial charge in [0, 0.05) is 31.8 Å². The van der Waals surface area contributed by atoms with Crippen molar-refractivity contribution in [2.75, 3.05) is 0 Å². The van der Waals surface area contributed by atoms with E-state index in [0.29, 0.717) is 11.0 Å². The van der Waals surface area contributed by atoms with Gasteiger partial charge in [-0.2, -0.15) is 0 Å². The van der Waals surface area contributed by atoms with Gasteiger partial charge in [0.1, 0.15) is 0 Å². The maximum Gasteiger partial charge on any atom is 0.299 e. The smallest absolute Gasteiger partial charge is 0.299 e. The summed E-state index contributed by atoms with van der Waals surface area (Å²) in [4.78, 5) is 16.3. The fourth-order valence-corrected chi connectivity index (χ4v) is 2.42. The van der Waals surface area contributed by atoms with Gasteiger partial charge in [-0.1, -0.05) is 12.1 Å². The molecule has 0 aliphatic carbocycles. The molecule has 2 aromatic carbocycles. The van der Waals surface area contributed by atoms with Gasteiger partial charge in [-0.3, -0.25) is 9.78 Å². The molecule has 0 aliphatic heterocycles. The van der Waals surface area contributed by atoms with Gasteiger partial charge in [0.15, 0.2) is 0 Å². The summed E-state index contributed by atoms with van der Waals surface area (Å²) < 4.78 is 5.37. The van der Waals surface area contributed by atoms with E-state index in [2.05, 4.69) is 11.1 Å². The van der Waals surface area contributed by atoms with Crippen molar-refractivity contribution in [2.24, 2.45) is 0 Å². The van der Waals surface area contributed by atoms with Gasteiger partial charge >= 0.3 is 0 Å². The van der Waals surface area contributed by atoms with Gasteiger partial charge in [-0.05, 0) is 28.3 Å². The van der Waals surface area contributed by atoms with Crippen molar-refractivity contribution in [1.29, 1.82) is 0 Å². The van der Waals surface area contributed by atoms with Crippen molar-refractivity contribution in [2.45, 2.75) is 0 Å². The number of hydrogen-bond acceptors (Lipinski definition) is 3. The third-order valence-electron chi connectivity index (χ3n) is 3.27. The van der Waals surface area contributed by atoms with Gasteiger partial charge in [0.2, 0.25) is 0 Å². The first-order chi connectivity index (χ1) is 9.34. The van der Waals surface area contributed by atoms with Crippen molar-refractivity contribution >= 4 is 32.6 Å². The third kappa shape index (κ3) is 1.77. The average molecular weight is 438 g/mol. The van der Waals surface area contributed by atoms with E-state index in [1.165, 1.54) is 0 Å². The van der Waals surface area contributed by atoms with Crippen molar-refractivity contribution in [1.82, 2.24) is 4.98 Å². The second kappa shape index (κ2) is 4.82. The summed E-state index contributed by atoms with van der Waals surface area (Å²) in [5, 5.41) is 3.15. The quantitative estimate of drug-likeness (QED) is 0.240. The predicted octanol–water partition coefficient (Wildman–Crippen LogP) is 3.29. The summed E-state index contributed by atoms with van der Waals surface area (Å²) in [5.41, 5.74) is 1.04. The molecular weight excluding hydrogens is 430 g/mol. The van der Waals surface area contributed by atoms with Crippen LogP contribution in [0.4, 0.5) is 0 Å². The number of nitrogens with zero attached hydrogens (tertiary/aromatic N) is 1. The minimum Gasteiger partial charge on any atom is -0.439 e. The number of rotatable bonds is 0. The van der Waals surface area contributed by atoms with Gasteiger partial charge in [0.05, 0.1) is 5.58 Å². The van der Waals surface area contributed by atoms with Crippen LogP contribution in [0.3, 0.4) is 0 Å². The van der Waals surface area contributed by atoms with Gasteiger partial charge in [-0.15, -0.1) is 29.7 Å². The van der Waals surface area contributed by atoms with E-state index in [-0.39, 0.29) is 25.7 Å². The Morgan fingerprint density at radius 1 is 1.10 bits per heavy atom. The third-order valence-corrected chi connectivity index (χ3v) is 3.27. The Morgan fingerprint density at radius 2 is 2.00 bits per heavy atom. The molecule has 2 heterocycles. The normalized spacial score (nSPS) is 10.8. The Balaban J connectivity index is 0.00000121. The van der Waals surface area contributed by atoms with Crippen LogP contribution in [-0.2, 0) is 20.1 Å². The van der Waals surface area contributed by atoms with E-state index in [4.69, 9.17) is 4.42 Å². The SMILES string of the molecule is O=c1oc2ccc3cccnc3c2c2[c-]cccc12.[Ir]. The Bertz CT molecular complexity index is 992. The molecular formula is C16H8IrNO2-. The van der Waals surface area contributed by atoms with Crippen molar-refractivity contribution in [3.8, 4) is 0 Å². The fourth-order valence-electron chi connectivity index (χ4n) is 2.42. The van der Waals surface area contributed by atoms with Crippen LogP contribution in [0.2, 0.25) is 0 Å². The van der Waals surface area contributed by atoms with Gasteiger partial charge < -0.3 is 4.42 Å². The monoisotopic (exact) mass is 439 g/mol. The van der Waals surface area contributed by atoms with Crippen LogP contribution >= 0.6 is 0 Å². The molecule has 0 fully saturated rings. The Hall–Kier alpha value is -2.03. The molecule has 0 N–H and O–H groups in total. The summed E-state index contributed by atoms with van der Waals surface area (Å²) in [6, 6.07) is 16.0. The first kappa shape index (κ1) is 13.0. The molecule has 2 aromatic heterocycles. The van der Waals surface area contributed by atoms with Crippen molar-refractivity contribution < 1.29 is 24.5 Å². The van der Waals surface area contributed by atoms with E-state index < -0.39 is 0 Å². The second-order valence-corrected chi connectivity index (χ2v) is 4.36. The summed E-state index contributed by atoms with van der Waals surface area (Å²) >= 11 is 0. The van der Waals surface area contributed by atoms with Crippen LogP contribution in [0, 0.1) is 6.07 Å². The molecule has 99 valence electrons. The molecule has 0 unspecified atom stereocenters. The van der Waals surface area contributed by atoms with Gasteiger partial charge in [0.25, 0.3) is 5.63 Å². The summed E-state index contributed by atoms with van der Waals surface area (Å²) in [6.07, 6.45) is 1.74. The molecule has 4 heteroatoms. The zero-order chi connectivity index (χ0) is 12.8. The maximum atomic E-state index is 11.9. The van der Waals surface area contributed by atoms with Crippen LogP contribution in [-0.4, -0.2) is 4.98 Å². The largest absolute Gasteiger partial charge is 0.439 e. The molecule has 0 aliphatic rings. The van der Waals surface area contributed by atoms with E-state index in [1.54, 1.807) is 30.5 Å². The average Bonchev–Trinajstić information content (AvgIpc) is 2.47. The van der Waals surface area contributed by atoms with Crippen LogP contribution in [0.25, 0.3) is 32.6 Å². The summed E-state index contributed by atoms with van der Waals surface area (Å²) in [6.45, 7) is 0. The number of hydrogen-bond donors (Lipinski definition) is 0. The molecule has 20 heavy (non-hydrogen) atoms. The topological polar surface area (TPSA) is 43.1 Å². The van der Waals surface area contributed by atoms with Crippen LogP contribution in [0.15, 0.2) is 57.9 Å². The van der Waals surface area contributed by atoms with Crippen molar-refractivity contribution in [3.63, 3.8) is 0 Å². The number of fused-ring (bicyclic) bond motifs is 5. The van der Waals surface area contributed by atoms with E-state index >= 15 is 0 Å². The molecule has 1 radical (unpaired) electrons. The molecule has 0 amide bonds. The van der Waals surface area contributed by atoms with Crippen LogP contribution in [0.5, 0.6) is 0 Å². The first-order valence-corrected chi connectivity index (χ1v) is 5.95. The maximum absolute atomic E-state index is 11.9. The molecule has 0 atom stereocenters. The first-order valence-electron chi connectivity index (χ1n) is 5.95. The fraction of sp³-hybridized carbons (Fsp3) is 0. The minimum atomic E-state index is -0.338. The zero-order valence-electron chi connectivity index (χ0n) is 10.2. The van der Waals surface area contributed by atoms with Crippen LogP contribution in [0.1, 0.15) is 0 Å². The molecule has 0 bridgehead atoms. The Morgan fingerprint density at radius 3 is 2.90 bits per heavy atom. The standard InChI is InChI=1S/C16H8NO2.Ir/c18-16-12-6-2-1-5-11(12)14-13(19-16)8-7-10-4-3-9-17-15(10)14;/h1-4,6-9H;/q-1;. The molecule has 0 saturated carbocycles. The number of pyridine rings is 1. The summed E-state index contributed by atoms with van der Waals surface area (Å²) in [7, 11) is 0. The molecule has 0 saturated heterocycles. The Kier molecular flexibility index (Phi) is 3.13.